The van der Waals surface area contributed by atoms with Crippen LogP contribution in [0, 0.1) is 0 Å². The zero-order valence-corrected chi connectivity index (χ0v) is 9.87. The molecule has 4 heteroatoms. The molecule has 4 nitrogen and oxygen atoms in total. The smallest absolute Gasteiger partial charge is 0.417 e. The second kappa shape index (κ2) is 7.25. The average Bonchev–Trinajstić information content (AvgIpc) is 2.22. The molecule has 0 aliphatic heterocycles. The van der Waals surface area contributed by atoms with Gasteiger partial charge in [0, 0.05) is 0 Å². The molecule has 1 aliphatic rings. The van der Waals surface area contributed by atoms with E-state index in [2.05, 4.69) is 6.92 Å². The Hall–Kier alpha value is -1.06. The fraction of sp³-hybridized carbons (Fsp3) is 0.833. The van der Waals surface area contributed by atoms with Crippen molar-refractivity contribution < 1.29 is 19.1 Å². The van der Waals surface area contributed by atoms with Crippen LogP contribution in [0.25, 0.3) is 0 Å². The van der Waals surface area contributed by atoms with E-state index < -0.39 is 11.9 Å². The van der Waals surface area contributed by atoms with Gasteiger partial charge in [0.2, 0.25) is 0 Å². The van der Waals surface area contributed by atoms with Gasteiger partial charge in [0.15, 0.2) is 0 Å². The Bertz CT molecular complexity index is 233. The molecule has 92 valence electrons. The van der Waals surface area contributed by atoms with Gasteiger partial charge in [0.25, 0.3) is 0 Å². The SMILES string of the molecule is CCCCCCOC(=O)C(=O)OC1CCC1. The summed E-state index contributed by atoms with van der Waals surface area (Å²) in [6, 6.07) is 0. The Morgan fingerprint density at radius 3 is 2.44 bits per heavy atom. The fourth-order valence-corrected chi connectivity index (χ4v) is 1.44. The Kier molecular flexibility index (Phi) is 5.90. The minimum absolute atomic E-state index is 0.0554. The fourth-order valence-electron chi connectivity index (χ4n) is 1.44. The molecule has 1 rings (SSSR count). The summed E-state index contributed by atoms with van der Waals surface area (Å²) in [6.45, 7) is 2.43. The van der Waals surface area contributed by atoms with Crippen molar-refractivity contribution in [2.75, 3.05) is 6.61 Å². The Morgan fingerprint density at radius 1 is 1.12 bits per heavy atom. The van der Waals surface area contributed by atoms with Gasteiger partial charge in [-0.3, -0.25) is 0 Å². The molecular formula is C12H20O4. The number of ether oxygens (including phenoxy) is 2. The number of hydrogen-bond donors (Lipinski definition) is 0. The van der Waals surface area contributed by atoms with Crippen LogP contribution < -0.4 is 0 Å². The zero-order chi connectivity index (χ0) is 11.8. The average molecular weight is 228 g/mol. The van der Waals surface area contributed by atoms with Crippen LogP contribution in [0.15, 0.2) is 0 Å². The van der Waals surface area contributed by atoms with Gasteiger partial charge in [-0.05, 0) is 25.7 Å². The van der Waals surface area contributed by atoms with E-state index in [0.717, 1.165) is 44.9 Å². The predicted molar refractivity (Wildman–Crippen MR) is 58.8 cm³/mol. The minimum atomic E-state index is -0.844. The van der Waals surface area contributed by atoms with E-state index in [4.69, 9.17) is 9.47 Å². The molecule has 0 amide bonds. The molecule has 16 heavy (non-hydrogen) atoms. The van der Waals surface area contributed by atoms with Gasteiger partial charge < -0.3 is 9.47 Å². The molecule has 0 saturated heterocycles. The molecule has 0 bridgehead atoms. The van der Waals surface area contributed by atoms with Crippen molar-refractivity contribution in [1.29, 1.82) is 0 Å². The van der Waals surface area contributed by atoms with Gasteiger partial charge in [-0.1, -0.05) is 26.2 Å². The van der Waals surface area contributed by atoms with Crippen molar-refractivity contribution in [2.24, 2.45) is 0 Å². The molecule has 1 fully saturated rings. The van der Waals surface area contributed by atoms with Crippen molar-refractivity contribution in [1.82, 2.24) is 0 Å². The highest BCUT2D eigenvalue weighted by atomic mass is 16.6. The van der Waals surface area contributed by atoms with E-state index in [1.807, 2.05) is 0 Å². The van der Waals surface area contributed by atoms with Crippen molar-refractivity contribution >= 4 is 11.9 Å². The largest absolute Gasteiger partial charge is 0.457 e. The van der Waals surface area contributed by atoms with Gasteiger partial charge >= 0.3 is 11.9 Å². The van der Waals surface area contributed by atoms with Crippen LogP contribution in [0.2, 0.25) is 0 Å². The Balaban J connectivity index is 2.02. The van der Waals surface area contributed by atoms with Gasteiger partial charge in [-0.15, -0.1) is 0 Å². The molecule has 1 saturated carbocycles. The monoisotopic (exact) mass is 228 g/mol. The molecule has 0 atom stereocenters. The second-order valence-electron chi connectivity index (χ2n) is 4.15. The summed E-state index contributed by atoms with van der Waals surface area (Å²) in [5, 5.41) is 0. The number of rotatable bonds is 6. The highest BCUT2D eigenvalue weighted by Crippen LogP contribution is 2.21. The van der Waals surface area contributed by atoms with Crippen molar-refractivity contribution in [3.63, 3.8) is 0 Å². The molecule has 0 aromatic rings. The molecule has 0 radical (unpaired) electrons. The van der Waals surface area contributed by atoms with E-state index >= 15 is 0 Å². The lowest BCUT2D eigenvalue weighted by Crippen LogP contribution is -2.30. The highest BCUT2D eigenvalue weighted by Gasteiger charge is 2.26. The summed E-state index contributed by atoms with van der Waals surface area (Å²) in [6.07, 6.45) is 6.87. The van der Waals surface area contributed by atoms with Crippen LogP contribution in [0.5, 0.6) is 0 Å². The summed E-state index contributed by atoms with van der Waals surface area (Å²) >= 11 is 0. The topological polar surface area (TPSA) is 52.6 Å². The predicted octanol–water partition coefficient (Wildman–Crippen LogP) is 2.21. The number of esters is 2. The quantitative estimate of drug-likeness (QED) is 0.397. The third-order valence-electron chi connectivity index (χ3n) is 2.72. The third kappa shape index (κ3) is 4.64. The Morgan fingerprint density at radius 2 is 1.88 bits per heavy atom. The lowest BCUT2D eigenvalue weighted by Gasteiger charge is -2.24. The standard InChI is InChI=1S/C12H20O4/c1-2-3-4-5-9-15-11(13)12(14)16-10-7-6-8-10/h10H,2-9H2,1H3. The summed E-state index contributed by atoms with van der Waals surface area (Å²) in [7, 11) is 0. The Labute approximate surface area is 96.3 Å². The van der Waals surface area contributed by atoms with Crippen LogP contribution in [-0.4, -0.2) is 24.6 Å². The molecule has 0 aromatic carbocycles. The molecule has 1 aliphatic carbocycles. The molecular weight excluding hydrogens is 208 g/mol. The van der Waals surface area contributed by atoms with Crippen molar-refractivity contribution in [3.8, 4) is 0 Å². The van der Waals surface area contributed by atoms with Crippen LogP contribution in [0.1, 0.15) is 51.9 Å². The van der Waals surface area contributed by atoms with E-state index in [1.54, 1.807) is 0 Å². The van der Waals surface area contributed by atoms with Gasteiger partial charge in [0.05, 0.1) is 6.61 Å². The summed E-state index contributed by atoms with van der Waals surface area (Å²) in [5.41, 5.74) is 0. The van der Waals surface area contributed by atoms with Crippen LogP contribution in [0.4, 0.5) is 0 Å². The van der Waals surface area contributed by atoms with E-state index in [-0.39, 0.29) is 6.10 Å². The van der Waals surface area contributed by atoms with Crippen molar-refractivity contribution in [3.05, 3.63) is 0 Å². The first-order chi connectivity index (χ1) is 7.74. The van der Waals surface area contributed by atoms with Crippen molar-refractivity contribution in [2.45, 2.75) is 58.0 Å². The maximum absolute atomic E-state index is 11.2. The maximum Gasteiger partial charge on any atom is 0.417 e. The lowest BCUT2D eigenvalue weighted by atomic mass is 9.96. The minimum Gasteiger partial charge on any atom is -0.457 e. The second-order valence-corrected chi connectivity index (χ2v) is 4.15. The zero-order valence-electron chi connectivity index (χ0n) is 9.87. The molecule has 0 aromatic heterocycles. The number of carbonyl (C=O) groups excluding carboxylic acids is 2. The summed E-state index contributed by atoms with van der Waals surface area (Å²) in [5.74, 6) is -1.68. The normalized spacial score (nSPS) is 15.3. The van der Waals surface area contributed by atoms with Gasteiger partial charge in [-0.2, -0.15) is 0 Å². The molecule has 0 unspecified atom stereocenters. The van der Waals surface area contributed by atoms with E-state index in [1.165, 1.54) is 0 Å². The first-order valence-electron chi connectivity index (χ1n) is 6.11. The lowest BCUT2D eigenvalue weighted by molar-refractivity contribution is -0.173. The number of unbranched alkanes of at least 4 members (excludes halogenated alkanes) is 3. The third-order valence-corrected chi connectivity index (χ3v) is 2.72. The van der Waals surface area contributed by atoms with Crippen LogP contribution in [-0.2, 0) is 19.1 Å². The van der Waals surface area contributed by atoms with Gasteiger partial charge in [-0.25, -0.2) is 9.59 Å². The number of carbonyl (C=O) groups is 2. The summed E-state index contributed by atoms with van der Waals surface area (Å²) < 4.78 is 9.72. The highest BCUT2D eigenvalue weighted by molar-refractivity contribution is 6.29. The van der Waals surface area contributed by atoms with Gasteiger partial charge in [0.1, 0.15) is 6.10 Å². The maximum atomic E-state index is 11.2. The van der Waals surface area contributed by atoms with Crippen LogP contribution in [0.3, 0.4) is 0 Å². The first kappa shape index (κ1) is 13.0. The van der Waals surface area contributed by atoms with E-state index in [0.29, 0.717) is 6.61 Å². The number of hydrogen-bond acceptors (Lipinski definition) is 4. The first-order valence-corrected chi connectivity index (χ1v) is 6.11. The summed E-state index contributed by atoms with van der Waals surface area (Å²) in [4.78, 5) is 22.3. The van der Waals surface area contributed by atoms with Crippen LogP contribution >= 0.6 is 0 Å². The molecule has 0 N–H and O–H groups in total. The van der Waals surface area contributed by atoms with E-state index in [9.17, 15) is 9.59 Å². The molecule has 0 heterocycles. The molecule has 0 spiro atoms.